The number of nitrogens with one attached hydrogen (secondary N) is 1. The van der Waals surface area contributed by atoms with Crippen LogP contribution in [0.4, 0.5) is 0 Å². The molecule has 3 fully saturated rings. The van der Waals surface area contributed by atoms with Crippen LogP contribution in [0.3, 0.4) is 0 Å². The molecule has 1 aliphatic carbocycles. The van der Waals surface area contributed by atoms with E-state index < -0.39 is 15.7 Å². The number of carbonyl (C=O) groups excluding carboxylic acids is 1. The number of Topliss-reactive ketones (excluding diaryl/α,β-unsaturated/α-hetero) is 1. The molecule has 4 aromatic rings. The van der Waals surface area contributed by atoms with E-state index in [0.717, 1.165) is 105 Å². The van der Waals surface area contributed by atoms with E-state index in [0.29, 0.717) is 35.6 Å². The SMILES string of the molecule is O=C1CCCN2[C@@H](CC1)C[C@]13CN4CCCC/C=C\CC[C@](O)(C=C(c5nccc6c5[nH]c5c(OS(=O)(=O)c7ccc(Cl)cc7)cccc56)[C@@H]1CC4)[C@H]23. The molecule has 1 spiro atoms. The van der Waals surface area contributed by atoms with Crippen LogP contribution in [-0.4, -0.2) is 82.9 Å². The van der Waals surface area contributed by atoms with Crippen LogP contribution in [0, 0.1) is 11.3 Å². The fraction of sp³-hybridized carbons (Fsp3) is 0.476. The lowest BCUT2D eigenvalue weighted by Crippen LogP contribution is -2.65. The smallest absolute Gasteiger partial charge is 0.339 e. The van der Waals surface area contributed by atoms with Gasteiger partial charge in [0.25, 0.3) is 0 Å². The van der Waals surface area contributed by atoms with Crippen molar-refractivity contribution in [2.24, 2.45) is 11.3 Å². The zero-order valence-electron chi connectivity index (χ0n) is 30.0. The Morgan fingerprint density at radius 3 is 2.62 bits per heavy atom. The van der Waals surface area contributed by atoms with Crippen molar-refractivity contribution in [2.45, 2.75) is 93.2 Å². The minimum Gasteiger partial charge on any atom is -0.384 e. The van der Waals surface area contributed by atoms with E-state index in [1.807, 2.05) is 18.3 Å². The van der Waals surface area contributed by atoms with Gasteiger partial charge in [0.05, 0.1) is 22.3 Å². The topological polar surface area (TPSA) is 116 Å². The molecule has 6 heterocycles. The maximum atomic E-state index is 13.4. The number of carbonyl (C=O) groups is 1. The van der Waals surface area contributed by atoms with Crippen LogP contribution < -0.4 is 4.18 Å². The molecule has 11 heteroatoms. The largest absolute Gasteiger partial charge is 0.384 e. The molecule has 4 aliphatic heterocycles. The molecule has 2 N–H and O–H groups in total. The number of aromatic amines is 1. The van der Waals surface area contributed by atoms with Gasteiger partial charge in [-0.05, 0) is 131 Å². The van der Waals surface area contributed by atoms with Crippen LogP contribution in [0.1, 0.15) is 76.3 Å². The summed E-state index contributed by atoms with van der Waals surface area (Å²) in [7, 11) is -4.14. The summed E-state index contributed by atoms with van der Waals surface area (Å²) >= 11 is 6.03. The first kappa shape index (κ1) is 35.2. The number of piperidine rings is 1. The standard InChI is InChI=1S/C42H47ClN4O5S/c43-28-12-16-31(17-13-28)53(50,51)52-36-11-7-10-32-33-18-21-44-38(39(33)45-37(32)36)34-26-42(49)20-5-3-1-2-4-6-22-46-24-19-35(34)41(27-46)25-29-14-15-30(48)9-8-23-47(29)40(41)42/h1,3,7,10-13,16-18,21,26,29,35,40,45,49H,2,4-6,8-9,14-15,19-20,22-25,27H2/b3-1-/t29-,35-,40+,41-,42-/m0/s1. The van der Waals surface area contributed by atoms with Gasteiger partial charge < -0.3 is 19.2 Å². The highest BCUT2D eigenvalue weighted by Gasteiger charge is 2.66. The van der Waals surface area contributed by atoms with E-state index in [9.17, 15) is 18.3 Å². The van der Waals surface area contributed by atoms with E-state index in [-0.39, 0.29) is 34.1 Å². The summed E-state index contributed by atoms with van der Waals surface area (Å²) in [5.74, 6) is 0.712. The number of benzene rings is 2. The summed E-state index contributed by atoms with van der Waals surface area (Å²) in [5, 5.41) is 15.5. The summed E-state index contributed by atoms with van der Waals surface area (Å²) < 4.78 is 32.6. The molecular weight excluding hydrogens is 708 g/mol. The van der Waals surface area contributed by atoms with Crippen molar-refractivity contribution in [2.75, 3.05) is 26.2 Å². The summed E-state index contributed by atoms with van der Waals surface area (Å²) in [5.41, 5.74) is 1.92. The quantitative estimate of drug-likeness (QED) is 0.161. The summed E-state index contributed by atoms with van der Waals surface area (Å²) in [6.45, 7) is 3.78. The van der Waals surface area contributed by atoms with Crippen LogP contribution in [0.2, 0.25) is 5.02 Å². The number of fused-ring (bicyclic) bond motifs is 5. The first-order chi connectivity index (χ1) is 25.7. The number of allylic oxidation sites excluding steroid dienone is 3. The third-order valence-electron chi connectivity index (χ3n) is 12.9. The highest BCUT2D eigenvalue weighted by molar-refractivity contribution is 7.87. The molecule has 3 saturated heterocycles. The number of aromatic nitrogens is 2. The Morgan fingerprint density at radius 1 is 0.925 bits per heavy atom. The molecule has 9 nitrogen and oxygen atoms in total. The number of ketones is 1. The lowest BCUT2D eigenvalue weighted by molar-refractivity contribution is -0.120. The zero-order chi connectivity index (χ0) is 36.4. The van der Waals surface area contributed by atoms with Gasteiger partial charge in [-0.2, -0.15) is 8.42 Å². The molecule has 2 aromatic heterocycles. The van der Waals surface area contributed by atoms with Crippen molar-refractivity contribution < 1.29 is 22.5 Å². The summed E-state index contributed by atoms with van der Waals surface area (Å²) in [6.07, 6.45) is 18.1. The number of H-pyrrole nitrogens is 1. The van der Waals surface area contributed by atoms with Gasteiger partial charge in [0, 0.05) is 58.9 Å². The maximum absolute atomic E-state index is 13.4. The van der Waals surface area contributed by atoms with E-state index in [1.54, 1.807) is 12.1 Å². The highest BCUT2D eigenvalue weighted by Crippen LogP contribution is 2.62. The van der Waals surface area contributed by atoms with E-state index in [4.69, 9.17) is 20.8 Å². The number of para-hydroxylation sites is 1. The monoisotopic (exact) mass is 754 g/mol. The predicted molar refractivity (Wildman–Crippen MR) is 207 cm³/mol. The molecule has 9 rings (SSSR count). The highest BCUT2D eigenvalue weighted by atomic mass is 35.5. The van der Waals surface area contributed by atoms with Gasteiger partial charge in [-0.1, -0.05) is 35.9 Å². The van der Waals surface area contributed by atoms with Gasteiger partial charge in [0.2, 0.25) is 0 Å². The van der Waals surface area contributed by atoms with Crippen molar-refractivity contribution in [3.05, 3.63) is 83.7 Å². The van der Waals surface area contributed by atoms with Gasteiger partial charge in [-0.25, -0.2) is 0 Å². The third kappa shape index (κ3) is 6.15. The molecule has 6 atom stereocenters. The van der Waals surface area contributed by atoms with Crippen molar-refractivity contribution in [1.29, 1.82) is 0 Å². The Hall–Kier alpha value is -3.54. The number of nitrogens with zero attached hydrogens (tertiary/aromatic N) is 3. The normalized spacial score (nSPS) is 31.7. The lowest BCUT2D eigenvalue weighted by Gasteiger charge is -2.58. The minimum atomic E-state index is -4.14. The Morgan fingerprint density at radius 2 is 1.75 bits per heavy atom. The number of halogens is 1. The second kappa shape index (κ2) is 13.6. The van der Waals surface area contributed by atoms with Crippen molar-refractivity contribution in [3.63, 3.8) is 0 Å². The molecule has 5 aliphatic rings. The van der Waals surface area contributed by atoms with Gasteiger partial charge in [0.15, 0.2) is 5.75 Å². The molecule has 0 amide bonds. The molecule has 2 aromatic carbocycles. The summed E-state index contributed by atoms with van der Waals surface area (Å²) in [6, 6.07) is 13.5. The average Bonchev–Trinajstić information content (AvgIpc) is 3.67. The molecule has 278 valence electrons. The molecule has 1 unspecified atom stereocenters. The van der Waals surface area contributed by atoms with Crippen molar-refractivity contribution >= 4 is 54.9 Å². The maximum Gasteiger partial charge on any atom is 0.339 e. The van der Waals surface area contributed by atoms with Gasteiger partial charge >= 0.3 is 10.1 Å². The minimum absolute atomic E-state index is 0.0177. The second-order valence-electron chi connectivity index (χ2n) is 16.0. The molecule has 53 heavy (non-hydrogen) atoms. The number of aliphatic hydroxyl groups is 1. The van der Waals surface area contributed by atoms with Crippen LogP contribution in [0.5, 0.6) is 5.75 Å². The summed E-state index contributed by atoms with van der Waals surface area (Å²) in [4.78, 5) is 26.7. The average molecular weight is 755 g/mol. The number of rotatable bonds is 4. The number of pyridine rings is 1. The van der Waals surface area contributed by atoms with Gasteiger partial charge in [0.1, 0.15) is 10.7 Å². The zero-order valence-corrected chi connectivity index (χ0v) is 31.5. The first-order valence-electron chi connectivity index (χ1n) is 19.3. The Kier molecular flexibility index (Phi) is 9.05. The molecular formula is C42H47ClN4O5S. The van der Waals surface area contributed by atoms with Gasteiger partial charge in [-0.15, -0.1) is 0 Å². The Balaban J connectivity index is 1.19. The second-order valence-corrected chi connectivity index (χ2v) is 18.0. The Labute approximate surface area is 316 Å². The predicted octanol–water partition coefficient (Wildman–Crippen LogP) is 7.68. The molecule has 0 radical (unpaired) electrons. The van der Waals surface area contributed by atoms with Crippen LogP contribution in [0.25, 0.3) is 27.4 Å². The van der Waals surface area contributed by atoms with Crippen molar-refractivity contribution in [3.8, 4) is 5.75 Å². The third-order valence-corrected chi connectivity index (χ3v) is 14.4. The van der Waals surface area contributed by atoms with Crippen LogP contribution in [-0.2, 0) is 14.9 Å². The van der Waals surface area contributed by atoms with Crippen LogP contribution >= 0.6 is 11.6 Å². The number of hydrogen-bond donors (Lipinski definition) is 2. The Bertz CT molecular complexity index is 2230. The van der Waals surface area contributed by atoms with Crippen LogP contribution in [0.15, 0.2) is 77.9 Å². The van der Waals surface area contributed by atoms with E-state index >= 15 is 0 Å². The van der Waals surface area contributed by atoms with Gasteiger partial charge in [-0.3, -0.25) is 14.7 Å². The molecule has 3 bridgehead atoms. The fourth-order valence-corrected chi connectivity index (χ4v) is 11.8. The first-order valence-corrected chi connectivity index (χ1v) is 21.1. The van der Waals surface area contributed by atoms with E-state index in [2.05, 4.69) is 33.0 Å². The lowest BCUT2D eigenvalue weighted by atomic mass is 9.54. The molecule has 0 saturated carbocycles. The number of hydrogen-bond acceptors (Lipinski definition) is 8. The fourth-order valence-electron chi connectivity index (χ4n) is 10.7. The van der Waals surface area contributed by atoms with Crippen molar-refractivity contribution in [1.82, 2.24) is 19.8 Å². The van der Waals surface area contributed by atoms with E-state index in [1.165, 1.54) is 24.3 Å².